The molecule has 0 bridgehead atoms. The minimum atomic E-state index is -0.113. The minimum Gasteiger partial charge on any atom is -0.368 e. The summed E-state index contributed by atoms with van der Waals surface area (Å²) in [6.45, 7) is 10.8. The van der Waals surface area contributed by atoms with Crippen LogP contribution in [0.4, 0.5) is 11.4 Å². The molecular formula is C31H32N4O2. The summed E-state index contributed by atoms with van der Waals surface area (Å²) >= 11 is 0. The average molecular weight is 493 g/mol. The number of benzene rings is 3. The average Bonchev–Trinajstić information content (AvgIpc) is 2.89. The maximum absolute atomic E-state index is 13.9. The number of anilines is 2. The lowest BCUT2D eigenvalue weighted by molar-refractivity contribution is -0.114. The lowest BCUT2D eigenvalue weighted by Crippen LogP contribution is -2.49. The molecule has 6 heteroatoms. The number of hydrogen-bond donors (Lipinski definition) is 1. The minimum absolute atomic E-state index is 0.0368. The Balaban J connectivity index is 1.44. The van der Waals surface area contributed by atoms with Crippen LogP contribution in [0.15, 0.2) is 66.7 Å². The number of fused-ring (bicyclic) bond motifs is 1. The quantitative estimate of drug-likeness (QED) is 0.394. The Hall–Kier alpha value is -4.19. The van der Waals surface area contributed by atoms with Crippen molar-refractivity contribution in [2.75, 3.05) is 36.4 Å². The highest BCUT2D eigenvalue weighted by Gasteiger charge is 2.25. The predicted molar refractivity (Wildman–Crippen MR) is 150 cm³/mol. The first kappa shape index (κ1) is 24.5. The first-order chi connectivity index (χ1) is 17.8. The predicted octanol–water partition coefficient (Wildman–Crippen LogP) is 5.75. The van der Waals surface area contributed by atoms with Gasteiger partial charge in [-0.05, 0) is 68.3 Å². The Bertz CT molecular complexity index is 1490. The normalized spacial score (nSPS) is 13.6. The van der Waals surface area contributed by atoms with Crippen molar-refractivity contribution in [3.63, 3.8) is 0 Å². The van der Waals surface area contributed by atoms with Crippen LogP contribution in [-0.4, -0.2) is 47.9 Å². The number of rotatable bonds is 4. The van der Waals surface area contributed by atoms with E-state index in [-0.39, 0.29) is 11.8 Å². The van der Waals surface area contributed by atoms with E-state index < -0.39 is 0 Å². The molecule has 1 aromatic heterocycles. The molecule has 1 saturated heterocycles. The monoisotopic (exact) mass is 492 g/mol. The summed E-state index contributed by atoms with van der Waals surface area (Å²) in [7, 11) is 0. The molecule has 3 aromatic carbocycles. The van der Waals surface area contributed by atoms with Gasteiger partial charge in [0, 0.05) is 55.4 Å². The molecule has 1 aliphatic heterocycles. The van der Waals surface area contributed by atoms with Crippen molar-refractivity contribution >= 4 is 34.1 Å². The number of nitrogens with one attached hydrogen (secondary N) is 1. The number of pyridine rings is 1. The number of hydrogen-bond acceptors (Lipinski definition) is 4. The SMILES string of the molecule is CC(=O)Nc1ccc(-c2cc(C(=O)N3CCN(c4cccc(C)c4C)CC3)c3cc(C)ccc3n2)cc1. The van der Waals surface area contributed by atoms with Gasteiger partial charge in [0.25, 0.3) is 5.91 Å². The van der Waals surface area contributed by atoms with E-state index in [1.165, 1.54) is 23.7 Å². The molecule has 2 amide bonds. The molecule has 0 radical (unpaired) electrons. The summed E-state index contributed by atoms with van der Waals surface area (Å²) in [6, 6.07) is 21.9. The van der Waals surface area contributed by atoms with Gasteiger partial charge in [-0.1, -0.05) is 35.9 Å². The summed E-state index contributed by atoms with van der Waals surface area (Å²) in [5.74, 6) is -0.0766. The smallest absolute Gasteiger partial charge is 0.254 e. The number of aromatic nitrogens is 1. The summed E-state index contributed by atoms with van der Waals surface area (Å²) in [4.78, 5) is 34.5. The van der Waals surface area contributed by atoms with E-state index in [0.717, 1.165) is 46.5 Å². The van der Waals surface area contributed by atoms with E-state index >= 15 is 0 Å². The number of amides is 2. The van der Waals surface area contributed by atoms with Crippen LogP contribution in [0.5, 0.6) is 0 Å². The van der Waals surface area contributed by atoms with Gasteiger partial charge in [0.15, 0.2) is 0 Å². The molecular weight excluding hydrogens is 460 g/mol. The third-order valence-corrected chi connectivity index (χ3v) is 7.18. The highest BCUT2D eigenvalue weighted by Crippen LogP contribution is 2.29. The maximum Gasteiger partial charge on any atom is 0.254 e. The lowest BCUT2D eigenvalue weighted by Gasteiger charge is -2.37. The summed E-state index contributed by atoms with van der Waals surface area (Å²) < 4.78 is 0. The van der Waals surface area contributed by atoms with Crippen molar-refractivity contribution in [1.82, 2.24) is 9.88 Å². The van der Waals surface area contributed by atoms with E-state index in [2.05, 4.69) is 42.3 Å². The number of piperazine rings is 1. The second-order valence-electron chi connectivity index (χ2n) is 9.83. The van der Waals surface area contributed by atoms with Crippen molar-refractivity contribution in [3.05, 3.63) is 89.0 Å². The zero-order valence-corrected chi connectivity index (χ0v) is 21.8. The van der Waals surface area contributed by atoms with Gasteiger partial charge in [0.2, 0.25) is 5.91 Å². The van der Waals surface area contributed by atoms with E-state index in [1.807, 2.05) is 60.4 Å². The largest absolute Gasteiger partial charge is 0.368 e. The summed E-state index contributed by atoms with van der Waals surface area (Å²) in [5, 5.41) is 3.67. The molecule has 0 spiro atoms. The summed E-state index contributed by atoms with van der Waals surface area (Å²) in [5.41, 5.74) is 8.76. The van der Waals surface area contributed by atoms with E-state index in [0.29, 0.717) is 18.7 Å². The van der Waals surface area contributed by atoms with Crippen molar-refractivity contribution in [2.45, 2.75) is 27.7 Å². The molecule has 6 nitrogen and oxygen atoms in total. The Kier molecular flexibility index (Phi) is 6.66. The molecule has 37 heavy (non-hydrogen) atoms. The van der Waals surface area contributed by atoms with E-state index in [4.69, 9.17) is 4.98 Å². The van der Waals surface area contributed by atoms with Gasteiger partial charge in [-0.25, -0.2) is 4.98 Å². The molecule has 2 heterocycles. The number of carbonyl (C=O) groups is 2. The molecule has 1 N–H and O–H groups in total. The highest BCUT2D eigenvalue weighted by molar-refractivity contribution is 6.07. The van der Waals surface area contributed by atoms with Crippen LogP contribution in [0.3, 0.4) is 0 Å². The molecule has 1 aliphatic rings. The van der Waals surface area contributed by atoms with Gasteiger partial charge in [-0.3, -0.25) is 9.59 Å². The second kappa shape index (κ2) is 10.1. The van der Waals surface area contributed by atoms with Crippen molar-refractivity contribution in [1.29, 1.82) is 0 Å². The van der Waals surface area contributed by atoms with Gasteiger partial charge >= 0.3 is 0 Å². The molecule has 0 unspecified atom stereocenters. The highest BCUT2D eigenvalue weighted by atomic mass is 16.2. The Morgan fingerprint density at radius 1 is 0.865 bits per heavy atom. The van der Waals surface area contributed by atoms with Crippen LogP contribution in [0.2, 0.25) is 0 Å². The first-order valence-corrected chi connectivity index (χ1v) is 12.7. The van der Waals surface area contributed by atoms with Crippen LogP contribution in [-0.2, 0) is 4.79 Å². The van der Waals surface area contributed by atoms with Gasteiger partial charge in [0.1, 0.15) is 0 Å². The molecule has 0 atom stereocenters. The van der Waals surface area contributed by atoms with Crippen LogP contribution in [0.25, 0.3) is 22.2 Å². The van der Waals surface area contributed by atoms with Crippen molar-refractivity contribution < 1.29 is 9.59 Å². The fourth-order valence-corrected chi connectivity index (χ4v) is 4.99. The number of carbonyl (C=O) groups excluding carboxylic acids is 2. The molecule has 188 valence electrons. The van der Waals surface area contributed by atoms with Crippen molar-refractivity contribution in [3.8, 4) is 11.3 Å². The Labute approximate surface area is 217 Å². The van der Waals surface area contributed by atoms with Crippen molar-refractivity contribution in [2.24, 2.45) is 0 Å². The van der Waals surface area contributed by atoms with Gasteiger partial charge < -0.3 is 15.1 Å². The molecule has 0 saturated carbocycles. The number of aryl methyl sites for hydroxylation is 2. The zero-order chi connectivity index (χ0) is 26.1. The van der Waals surface area contributed by atoms with Gasteiger partial charge in [-0.2, -0.15) is 0 Å². The molecule has 1 fully saturated rings. The van der Waals surface area contributed by atoms with E-state index in [1.54, 1.807) is 0 Å². The Morgan fingerprint density at radius 2 is 1.59 bits per heavy atom. The lowest BCUT2D eigenvalue weighted by atomic mass is 10.0. The maximum atomic E-state index is 13.9. The van der Waals surface area contributed by atoms with Crippen LogP contribution in [0, 0.1) is 20.8 Å². The summed E-state index contributed by atoms with van der Waals surface area (Å²) in [6.07, 6.45) is 0. The van der Waals surface area contributed by atoms with E-state index in [9.17, 15) is 9.59 Å². The first-order valence-electron chi connectivity index (χ1n) is 12.7. The molecule has 0 aliphatic carbocycles. The van der Waals surface area contributed by atoms with Crippen LogP contribution in [0.1, 0.15) is 34.0 Å². The van der Waals surface area contributed by atoms with Crippen LogP contribution < -0.4 is 10.2 Å². The third kappa shape index (κ3) is 5.05. The fraction of sp³-hybridized carbons (Fsp3) is 0.258. The standard InChI is InChI=1S/C31H32N4O2/c1-20-8-13-28-26(18-20)27(19-29(33-28)24-9-11-25(12-10-24)32-23(4)36)31(37)35-16-14-34(15-17-35)30-7-5-6-21(2)22(30)3/h5-13,18-19H,14-17H2,1-4H3,(H,32,36). The van der Waals surface area contributed by atoms with Gasteiger partial charge in [0.05, 0.1) is 16.8 Å². The van der Waals surface area contributed by atoms with Gasteiger partial charge in [-0.15, -0.1) is 0 Å². The topological polar surface area (TPSA) is 65.5 Å². The second-order valence-corrected chi connectivity index (χ2v) is 9.83. The zero-order valence-electron chi connectivity index (χ0n) is 21.8. The molecule has 5 rings (SSSR count). The number of nitrogens with zero attached hydrogens (tertiary/aromatic N) is 3. The molecule has 4 aromatic rings. The third-order valence-electron chi connectivity index (χ3n) is 7.18. The Morgan fingerprint density at radius 3 is 2.30 bits per heavy atom. The van der Waals surface area contributed by atoms with Crippen LogP contribution >= 0.6 is 0 Å². The fourth-order valence-electron chi connectivity index (χ4n) is 4.99.